The Labute approximate surface area is 185 Å². The predicted molar refractivity (Wildman–Crippen MR) is 116 cm³/mol. The van der Waals surface area contributed by atoms with Gasteiger partial charge in [0.1, 0.15) is 5.75 Å². The molecule has 0 radical (unpaired) electrons. The molecule has 9 heteroatoms. The van der Waals surface area contributed by atoms with Gasteiger partial charge in [-0.2, -0.15) is 0 Å². The number of ether oxygens (including phenoxy) is 4. The highest BCUT2D eigenvalue weighted by molar-refractivity contribution is 6.01. The molecule has 32 heavy (non-hydrogen) atoms. The van der Waals surface area contributed by atoms with Crippen LogP contribution in [0.3, 0.4) is 0 Å². The molecule has 2 aromatic rings. The van der Waals surface area contributed by atoms with Gasteiger partial charge in [-0.15, -0.1) is 0 Å². The average molecular weight is 439 g/mol. The molecular weight excluding hydrogens is 414 g/mol. The van der Waals surface area contributed by atoms with Crippen LogP contribution in [-0.2, 0) is 11.3 Å². The lowest BCUT2D eigenvalue weighted by Crippen LogP contribution is -2.44. The largest absolute Gasteiger partial charge is 0.497 e. The van der Waals surface area contributed by atoms with E-state index >= 15 is 0 Å². The van der Waals surface area contributed by atoms with Gasteiger partial charge in [0.05, 0.1) is 52.3 Å². The summed E-state index contributed by atoms with van der Waals surface area (Å²) in [7, 11) is 6.16. The minimum atomic E-state index is -0.652. The molecule has 2 aromatic carbocycles. The van der Waals surface area contributed by atoms with Crippen molar-refractivity contribution < 1.29 is 28.5 Å². The summed E-state index contributed by atoms with van der Waals surface area (Å²) in [4.78, 5) is 27.4. The minimum absolute atomic E-state index is 0.151. The molecule has 1 atom stereocenters. The molecule has 0 saturated heterocycles. The Balaban J connectivity index is 1.65. The van der Waals surface area contributed by atoms with Crippen molar-refractivity contribution in [3.63, 3.8) is 0 Å². The van der Waals surface area contributed by atoms with Crippen LogP contribution in [0.1, 0.15) is 17.2 Å². The molecule has 1 unspecified atom stereocenters. The minimum Gasteiger partial charge on any atom is -0.497 e. The topological polar surface area (TPSA) is 98.4 Å². The molecule has 0 aliphatic carbocycles. The summed E-state index contributed by atoms with van der Waals surface area (Å²) in [5.74, 6) is 1.92. The number of urea groups is 1. The van der Waals surface area contributed by atoms with Crippen LogP contribution < -0.4 is 29.6 Å². The van der Waals surface area contributed by atoms with Gasteiger partial charge in [0, 0.05) is 6.54 Å². The fourth-order valence-corrected chi connectivity index (χ4v) is 4.03. The fourth-order valence-electron chi connectivity index (χ4n) is 4.03. The van der Waals surface area contributed by atoms with E-state index in [1.54, 1.807) is 24.1 Å². The summed E-state index contributed by atoms with van der Waals surface area (Å²) in [6.45, 7) is 0.724. The molecule has 0 aromatic heterocycles. The zero-order valence-corrected chi connectivity index (χ0v) is 18.4. The number of nitrogens with one attached hydrogen (secondary N) is 2. The number of hydrogen-bond acceptors (Lipinski definition) is 6. The van der Waals surface area contributed by atoms with Crippen LogP contribution in [0.5, 0.6) is 23.0 Å². The molecule has 0 fully saturated rings. The van der Waals surface area contributed by atoms with Crippen molar-refractivity contribution >= 4 is 11.9 Å². The molecule has 0 saturated carbocycles. The lowest BCUT2D eigenvalue weighted by Gasteiger charge is -2.26. The first kappa shape index (κ1) is 21.4. The van der Waals surface area contributed by atoms with E-state index in [2.05, 4.69) is 10.6 Å². The zero-order valence-electron chi connectivity index (χ0n) is 18.4. The number of hydrogen-bond donors (Lipinski definition) is 2. The second kappa shape index (κ2) is 8.70. The van der Waals surface area contributed by atoms with E-state index in [1.165, 1.54) is 21.3 Å². The summed E-state index contributed by atoms with van der Waals surface area (Å²) in [6.07, 6.45) is 0. The third kappa shape index (κ3) is 3.77. The van der Waals surface area contributed by atoms with Crippen LogP contribution in [0.15, 0.2) is 47.7 Å². The first-order valence-corrected chi connectivity index (χ1v) is 10.0. The first-order valence-electron chi connectivity index (χ1n) is 10.0. The third-order valence-corrected chi connectivity index (χ3v) is 5.57. The molecule has 0 spiro atoms. The van der Waals surface area contributed by atoms with Crippen molar-refractivity contribution in [2.75, 3.05) is 35.0 Å². The monoisotopic (exact) mass is 439 g/mol. The molecule has 0 bridgehead atoms. The number of methoxy groups -OCH3 is 4. The number of nitrogens with zero attached hydrogens (tertiary/aromatic N) is 1. The number of carbonyl (C=O) groups excluding carboxylic acids is 2. The van der Waals surface area contributed by atoms with Gasteiger partial charge in [-0.05, 0) is 35.4 Å². The van der Waals surface area contributed by atoms with Crippen molar-refractivity contribution in [2.45, 2.75) is 12.6 Å². The Hall–Kier alpha value is -3.88. The van der Waals surface area contributed by atoms with Crippen LogP contribution >= 0.6 is 0 Å². The summed E-state index contributed by atoms with van der Waals surface area (Å²) in [5.41, 5.74) is 2.70. The van der Waals surface area contributed by atoms with Crippen LogP contribution in [-0.4, -0.2) is 51.8 Å². The van der Waals surface area contributed by atoms with Crippen LogP contribution in [0, 0.1) is 0 Å². The Bertz CT molecular complexity index is 1050. The maximum atomic E-state index is 13.4. The van der Waals surface area contributed by atoms with Gasteiger partial charge in [-0.3, -0.25) is 4.79 Å². The number of carbonyl (C=O) groups is 2. The van der Waals surface area contributed by atoms with Gasteiger partial charge >= 0.3 is 6.03 Å². The second-order valence-corrected chi connectivity index (χ2v) is 7.39. The normalized spacial score (nSPS) is 17.5. The molecule has 2 aliphatic heterocycles. The molecule has 9 nitrogen and oxygen atoms in total. The Morgan fingerprint density at radius 2 is 1.59 bits per heavy atom. The smallest absolute Gasteiger partial charge is 0.319 e. The zero-order chi connectivity index (χ0) is 22.8. The van der Waals surface area contributed by atoms with Gasteiger partial charge in [0.2, 0.25) is 5.75 Å². The first-order chi connectivity index (χ1) is 15.5. The van der Waals surface area contributed by atoms with Crippen molar-refractivity contribution in [1.29, 1.82) is 0 Å². The SMILES string of the molecule is COc1ccc(CN2CC3=C(C2=O)C(c2cc(OC)c(OC)c(OC)c2)NC(=O)N3)cc1. The number of amides is 3. The lowest BCUT2D eigenvalue weighted by atomic mass is 9.95. The molecule has 2 heterocycles. The molecular formula is C23H25N3O6. The maximum absolute atomic E-state index is 13.4. The lowest BCUT2D eigenvalue weighted by molar-refractivity contribution is -0.126. The highest BCUT2D eigenvalue weighted by atomic mass is 16.5. The molecule has 3 amide bonds. The van der Waals surface area contributed by atoms with E-state index in [-0.39, 0.29) is 11.9 Å². The van der Waals surface area contributed by atoms with E-state index in [4.69, 9.17) is 18.9 Å². The van der Waals surface area contributed by atoms with Crippen LogP contribution in [0.25, 0.3) is 0 Å². The highest BCUT2D eigenvalue weighted by Gasteiger charge is 2.40. The Kier molecular flexibility index (Phi) is 5.81. The van der Waals surface area contributed by atoms with Crippen LogP contribution in [0.4, 0.5) is 4.79 Å². The summed E-state index contributed by atoms with van der Waals surface area (Å²) < 4.78 is 21.5. The Morgan fingerprint density at radius 1 is 0.938 bits per heavy atom. The van der Waals surface area contributed by atoms with Gasteiger partial charge < -0.3 is 34.5 Å². The summed E-state index contributed by atoms with van der Waals surface area (Å²) >= 11 is 0. The number of benzene rings is 2. The summed E-state index contributed by atoms with van der Waals surface area (Å²) in [6, 6.07) is 9.98. The van der Waals surface area contributed by atoms with Gasteiger partial charge in [0.25, 0.3) is 5.91 Å². The van der Waals surface area contributed by atoms with Crippen molar-refractivity contribution in [3.05, 3.63) is 58.8 Å². The Morgan fingerprint density at radius 3 is 2.16 bits per heavy atom. The molecule has 168 valence electrons. The second-order valence-electron chi connectivity index (χ2n) is 7.39. The van der Waals surface area contributed by atoms with E-state index in [9.17, 15) is 9.59 Å². The van der Waals surface area contributed by atoms with Crippen molar-refractivity contribution in [3.8, 4) is 23.0 Å². The van der Waals surface area contributed by atoms with Gasteiger partial charge in [-0.1, -0.05) is 12.1 Å². The van der Waals surface area contributed by atoms with Crippen molar-refractivity contribution in [1.82, 2.24) is 15.5 Å². The molecule has 4 rings (SSSR count). The standard InChI is InChI=1S/C23H25N3O6/c1-29-15-7-5-13(6-8-15)11-26-12-16-19(22(26)27)20(25-23(28)24-16)14-9-17(30-2)21(32-4)18(10-14)31-3/h5-10,20H,11-12H2,1-4H3,(H2,24,25,28). The van der Waals surface area contributed by atoms with E-state index in [1.807, 2.05) is 24.3 Å². The quantitative estimate of drug-likeness (QED) is 0.687. The van der Waals surface area contributed by atoms with E-state index < -0.39 is 6.04 Å². The van der Waals surface area contributed by atoms with E-state index in [0.29, 0.717) is 47.2 Å². The van der Waals surface area contributed by atoms with E-state index in [0.717, 1.165) is 11.3 Å². The molecule has 2 aliphatic rings. The highest BCUT2D eigenvalue weighted by Crippen LogP contribution is 2.42. The fraction of sp³-hybridized carbons (Fsp3) is 0.304. The van der Waals surface area contributed by atoms with Gasteiger partial charge in [-0.25, -0.2) is 4.79 Å². The maximum Gasteiger partial charge on any atom is 0.319 e. The molecule has 2 N–H and O–H groups in total. The predicted octanol–water partition coefficient (Wildman–Crippen LogP) is 2.37. The van der Waals surface area contributed by atoms with Gasteiger partial charge in [0.15, 0.2) is 11.5 Å². The van der Waals surface area contributed by atoms with Crippen molar-refractivity contribution in [2.24, 2.45) is 0 Å². The average Bonchev–Trinajstić information content (AvgIpc) is 3.12. The third-order valence-electron chi connectivity index (χ3n) is 5.57. The number of rotatable bonds is 7. The van der Waals surface area contributed by atoms with Crippen LogP contribution in [0.2, 0.25) is 0 Å². The summed E-state index contributed by atoms with van der Waals surface area (Å²) in [5, 5.41) is 5.63.